The molecule has 0 radical (unpaired) electrons. The molecule has 1 fully saturated rings. The van der Waals surface area contributed by atoms with E-state index in [1.165, 1.54) is 28.4 Å². The molecule has 172 valence electrons. The van der Waals surface area contributed by atoms with Crippen LogP contribution in [0, 0.1) is 0 Å². The van der Waals surface area contributed by atoms with E-state index in [0.29, 0.717) is 35.3 Å². The van der Waals surface area contributed by atoms with Crippen molar-refractivity contribution < 1.29 is 14.4 Å². The van der Waals surface area contributed by atoms with Crippen LogP contribution in [0.25, 0.3) is 0 Å². The van der Waals surface area contributed by atoms with Gasteiger partial charge in [-0.05, 0) is 23.6 Å². The normalized spacial score (nSPS) is 13.6. The Morgan fingerprint density at radius 2 is 1.76 bits per heavy atom. The Morgan fingerprint density at radius 1 is 0.970 bits per heavy atom. The summed E-state index contributed by atoms with van der Waals surface area (Å²) in [6.45, 7) is 3.26. The number of piperazine rings is 1. The first-order valence-corrected chi connectivity index (χ1v) is 12.5. The maximum absolute atomic E-state index is 12.5. The summed E-state index contributed by atoms with van der Waals surface area (Å²) in [6, 6.07) is 13.7. The molecule has 3 amide bonds. The Labute approximate surface area is 200 Å². The van der Waals surface area contributed by atoms with Gasteiger partial charge in [-0.25, -0.2) is 4.98 Å². The van der Waals surface area contributed by atoms with Crippen LogP contribution < -0.4 is 15.5 Å². The van der Waals surface area contributed by atoms with Crippen LogP contribution in [-0.4, -0.2) is 60.3 Å². The van der Waals surface area contributed by atoms with Crippen molar-refractivity contribution >= 4 is 51.2 Å². The zero-order valence-electron chi connectivity index (χ0n) is 18.0. The summed E-state index contributed by atoms with van der Waals surface area (Å²) in [5.74, 6) is -0.355. The summed E-state index contributed by atoms with van der Waals surface area (Å²) in [6.07, 6.45) is 0.381. The zero-order chi connectivity index (χ0) is 23.0. The molecule has 1 aromatic carbocycles. The van der Waals surface area contributed by atoms with Crippen molar-refractivity contribution in [3.05, 3.63) is 63.8 Å². The van der Waals surface area contributed by atoms with Gasteiger partial charge in [0.05, 0.1) is 17.0 Å². The number of thiophene rings is 1. The fraction of sp³-hybridized carbons (Fsp3) is 0.304. The number of carbonyl (C=O) groups is 3. The quantitative estimate of drug-likeness (QED) is 0.514. The number of rotatable bonds is 8. The molecule has 0 bridgehead atoms. The molecule has 1 aliphatic rings. The summed E-state index contributed by atoms with van der Waals surface area (Å²) >= 11 is 2.64. The van der Waals surface area contributed by atoms with E-state index < -0.39 is 0 Å². The second kappa shape index (κ2) is 11.1. The number of hydrogen-bond acceptors (Lipinski definition) is 7. The molecule has 33 heavy (non-hydrogen) atoms. The monoisotopic (exact) mass is 483 g/mol. The lowest BCUT2D eigenvalue weighted by Crippen LogP contribution is -2.49. The topological polar surface area (TPSA) is 94.6 Å². The van der Waals surface area contributed by atoms with Crippen molar-refractivity contribution in [3.8, 4) is 0 Å². The van der Waals surface area contributed by atoms with E-state index in [9.17, 15) is 14.4 Å². The number of amides is 3. The molecule has 0 spiro atoms. The smallest absolute Gasteiger partial charge is 0.267 e. The molecule has 0 atom stereocenters. The van der Waals surface area contributed by atoms with E-state index in [1.807, 2.05) is 34.5 Å². The minimum Gasteiger partial charge on any atom is -0.368 e. The minimum atomic E-state index is -0.210. The third kappa shape index (κ3) is 6.39. The Balaban J connectivity index is 1.15. The highest BCUT2D eigenvalue weighted by atomic mass is 32.1. The number of nitrogens with zero attached hydrogens (tertiary/aromatic N) is 3. The molecule has 3 aromatic rings. The standard InChI is InChI=1S/C23H25N5O3S2/c29-20(15-17-16-33-23(25-17)26-22(31)19-7-4-14-32-19)24-9-8-21(30)28-12-10-27(11-13-28)18-5-2-1-3-6-18/h1-7,14,16H,8-13,15H2,(H,24,29)(H,25,26,31). The predicted octanol–water partition coefficient (Wildman–Crippen LogP) is 2.85. The fourth-order valence-electron chi connectivity index (χ4n) is 3.56. The van der Waals surface area contributed by atoms with Gasteiger partial charge in [-0.15, -0.1) is 22.7 Å². The molecule has 2 aromatic heterocycles. The largest absolute Gasteiger partial charge is 0.368 e. The molecule has 0 saturated carbocycles. The summed E-state index contributed by atoms with van der Waals surface area (Å²) in [7, 11) is 0. The van der Waals surface area contributed by atoms with Crippen LogP contribution in [0.5, 0.6) is 0 Å². The van der Waals surface area contributed by atoms with Crippen molar-refractivity contribution in [2.75, 3.05) is 42.9 Å². The van der Waals surface area contributed by atoms with Crippen LogP contribution in [-0.2, 0) is 16.0 Å². The van der Waals surface area contributed by atoms with Gasteiger partial charge in [0.1, 0.15) is 0 Å². The number of carbonyl (C=O) groups excluding carboxylic acids is 3. The molecule has 8 nitrogen and oxygen atoms in total. The van der Waals surface area contributed by atoms with Gasteiger partial charge >= 0.3 is 0 Å². The Morgan fingerprint density at radius 3 is 2.48 bits per heavy atom. The number of thiazole rings is 1. The van der Waals surface area contributed by atoms with Crippen LogP contribution in [0.1, 0.15) is 21.8 Å². The molecule has 0 unspecified atom stereocenters. The van der Waals surface area contributed by atoms with Crippen LogP contribution in [0.3, 0.4) is 0 Å². The number of hydrogen-bond donors (Lipinski definition) is 2. The van der Waals surface area contributed by atoms with E-state index in [1.54, 1.807) is 11.4 Å². The molecule has 10 heteroatoms. The molecule has 2 N–H and O–H groups in total. The zero-order valence-corrected chi connectivity index (χ0v) is 19.7. The van der Waals surface area contributed by atoms with Crippen molar-refractivity contribution in [1.82, 2.24) is 15.2 Å². The lowest BCUT2D eigenvalue weighted by atomic mass is 10.2. The van der Waals surface area contributed by atoms with E-state index in [4.69, 9.17) is 0 Å². The first-order chi connectivity index (χ1) is 16.1. The van der Waals surface area contributed by atoms with Gasteiger partial charge in [0.25, 0.3) is 5.91 Å². The molecule has 1 aliphatic heterocycles. The van der Waals surface area contributed by atoms with E-state index in [0.717, 1.165) is 13.1 Å². The Hall–Kier alpha value is -3.24. The number of nitrogens with one attached hydrogen (secondary N) is 2. The number of para-hydroxylation sites is 1. The molecule has 3 heterocycles. The van der Waals surface area contributed by atoms with Crippen LogP contribution >= 0.6 is 22.7 Å². The van der Waals surface area contributed by atoms with Crippen LogP contribution in [0.2, 0.25) is 0 Å². The summed E-state index contributed by atoms with van der Waals surface area (Å²) in [4.78, 5) is 45.8. The lowest BCUT2D eigenvalue weighted by molar-refractivity contribution is -0.131. The van der Waals surface area contributed by atoms with Crippen molar-refractivity contribution in [1.29, 1.82) is 0 Å². The second-order valence-electron chi connectivity index (χ2n) is 7.56. The highest BCUT2D eigenvalue weighted by Crippen LogP contribution is 2.18. The van der Waals surface area contributed by atoms with Crippen molar-refractivity contribution in [2.45, 2.75) is 12.8 Å². The van der Waals surface area contributed by atoms with Gasteiger partial charge in [0, 0.05) is 50.2 Å². The Bertz CT molecular complexity index is 1080. The average Bonchev–Trinajstić information content (AvgIpc) is 3.52. The van der Waals surface area contributed by atoms with E-state index in [2.05, 4.69) is 32.7 Å². The average molecular weight is 484 g/mol. The van der Waals surface area contributed by atoms with Gasteiger partial charge in [-0.2, -0.15) is 0 Å². The maximum Gasteiger partial charge on any atom is 0.267 e. The number of benzene rings is 1. The van der Waals surface area contributed by atoms with Crippen molar-refractivity contribution in [2.24, 2.45) is 0 Å². The van der Waals surface area contributed by atoms with Gasteiger partial charge in [0.15, 0.2) is 5.13 Å². The fourth-order valence-corrected chi connectivity index (χ4v) is 4.88. The number of aromatic nitrogens is 1. The summed E-state index contributed by atoms with van der Waals surface area (Å²) in [5, 5.41) is 9.58. The molecule has 1 saturated heterocycles. The van der Waals surface area contributed by atoms with Gasteiger partial charge in [-0.3, -0.25) is 19.7 Å². The minimum absolute atomic E-state index is 0.0512. The van der Waals surface area contributed by atoms with Crippen LogP contribution in [0.4, 0.5) is 10.8 Å². The maximum atomic E-state index is 12.5. The Kier molecular flexibility index (Phi) is 7.69. The molecule has 4 rings (SSSR count). The first-order valence-electron chi connectivity index (χ1n) is 10.7. The second-order valence-corrected chi connectivity index (χ2v) is 9.36. The predicted molar refractivity (Wildman–Crippen MR) is 131 cm³/mol. The van der Waals surface area contributed by atoms with E-state index in [-0.39, 0.29) is 30.6 Å². The third-order valence-electron chi connectivity index (χ3n) is 5.27. The van der Waals surface area contributed by atoms with Gasteiger partial charge in [0.2, 0.25) is 11.8 Å². The van der Waals surface area contributed by atoms with Crippen LogP contribution in [0.15, 0.2) is 53.2 Å². The highest BCUT2D eigenvalue weighted by Gasteiger charge is 2.21. The summed E-state index contributed by atoms with van der Waals surface area (Å²) in [5.41, 5.74) is 1.76. The SMILES string of the molecule is O=C(Cc1csc(NC(=O)c2cccs2)n1)NCCC(=O)N1CCN(c2ccccc2)CC1. The van der Waals surface area contributed by atoms with Crippen molar-refractivity contribution in [3.63, 3.8) is 0 Å². The molecular weight excluding hydrogens is 458 g/mol. The third-order valence-corrected chi connectivity index (χ3v) is 6.95. The van der Waals surface area contributed by atoms with Gasteiger partial charge in [-0.1, -0.05) is 24.3 Å². The summed E-state index contributed by atoms with van der Waals surface area (Å²) < 4.78 is 0. The lowest BCUT2D eigenvalue weighted by Gasteiger charge is -2.36. The molecular formula is C23H25N5O3S2. The highest BCUT2D eigenvalue weighted by molar-refractivity contribution is 7.14. The van der Waals surface area contributed by atoms with E-state index >= 15 is 0 Å². The first kappa shape index (κ1) is 22.9. The molecule has 0 aliphatic carbocycles. The number of anilines is 2. The van der Waals surface area contributed by atoms with Gasteiger partial charge < -0.3 is 15.1 Å².